The molecule has 0 saturated heterocycles. The molecule has 2 heterocycles. The van der Waals surface area contributed by atoms with E-state index in [1.807, 2.05) is 50.2 Å². The molecule has 2 aromatic carbocycles. The van der Waals surface area contributed by atoms with E-state index in [1.165, 1.54) is 11.3 Å². The molecule has 4 rings (SSSR count). The van der Waals surface area contributed by atoms with E-state index in [-0.39, 0.29) is 24.0 Å². The minimum atomic E-state index is -0.685. The third-order valence-corrected chi connectivity index (χ3v) is 8.05. The zero-order valence-electron chi connectivity index (χ0n) is 20.0. The van der Waals surface area contributed by atoms with Gasteiger partial charge in [-0.05, 0) is 114 Å². The SMILES string of the molecule is CCOC(=O)C1=C(C)N=c2s/c(=C\c3cc(I)c(O)c(I)c3)c(=O)n2[C@@H]1c1ccc(OC(C)C)cc1. The van der Waals surface area contributed by atoms with Crippen molar-refractivity contribution in [3.8, 4) is 11.5 Å². The molecule has 10 heteroatoms. The summed E-state index contributed by atoms with van der Waals surface area (Å²) in [6, 6.07) is 10.3. The lowest BCUT2D eigenvalue weighted by atomic mass is 9.96. The molecule has 1 N–H and O–H groups in total. The Morgan fingerprint density at radius 3 is 2.44 bits per heavy atom. The zero-order valence-corrected chi connectivity index (χ0v) is 25.2. The molecule has 0 unspecified atom stereocenters. The fourth-order valence-corrected chi connectivity index (χ4v) is 6.79. The first-order valence-corrected chi connectivity index (χ1v) is 14.2. The Labute approximate surface area is 239 Å². The Balaban J connectivity index is 1.91. The quantitative estimate of drug-likeness (QED) is 0.298. The van der Waals surface area contributed by atoms with Gasteiger partial charge in [0.2, 0.25) is 0 Å². The number of fused-ring (bicyclic) bond motifs is 1. The van der Waals surface area contributed by atoms with Gasteiger partial charge in [0.05, 0.1) is 41.7 Å². The first-order valence-electron chi connectivity index (χ1n) is 11.2. The summed E-state index contributed by atoms with van der Waals surface area (Å²) >= 11 is 5.39. The molecule has 0 bridgehead atoms. The highest BCUT2D eigenvalue weighted by Crippen LogP contribution is 2.32. The number of hydrogen-bond donors (Lipinski definition) is 1. The van der Waals surface area contributed by atoms with Crippen LogP contribution in [0, 0.1) is 7.14 Å². The van der Waals surface area contributed by atoms with Crippen LogP contribution in [-0.2, 0) is 9.53 Å². The maximum absolute atomic E-state index is 13.7. The number of thiazole rings is 1. The summed E-state index contributed by atoms with van der Waals surface area (Å²) in [7, 11) is 0. The van der Waals surface area contributed by atoms with Crippen molar-refractivity contribution in [1.82, 2.24) is 4.57 Å². The molecule has 1 atom stereocenters. The number of carbonyl (C=O) groups excluding carboxylic acids is 1. The van der Waals surface area contributed by atoms with Gasteiger partial charge in [-0.15, -0.1) is 0 Å². The molecule has 36 heavy (non-hydrogen) atoms. The van der Waals surface area contributed by atoms with Gasteiger partial charge < -0.3 is 14.6 Å². The summed E-state index contributed by atoms with van der Waals surface area (Å²) < 4.78 is 14.5. The second kappa shape index (κ2) is 11.1. The molecular formula is C26H24I2N2O5S. The van der Waals surface area contributed by atoms with Crippen molar-refractivity contribution in [1.29, 1.82) is 0 Å². The van der Waals surface area contributed by atoms with Crippen molar-refractivity contribution < 1.29 is 19.4 Å². The van der Waals surface area contributed by atoms with Crippen LogP contribution in [-0.4, -0.2) is 28.4 Å². The fraction of sp³-hybridized carbons (Fsp3) is 0.269. The van der Waals surface area contributed by atoms with Crippen LogP contribution < -0.4 is 19.6 Å². The Bertz CT molecular complexity index is 1510. The average Bonchev–Trinajstić information content (AvgIpc) is 3.11. The van der Waals surface area contributed by atoms with Gasteiger partial charge in [0, 0.05) is 0 Å². The number of phenols is 1. The van der Waals surface area contributed by atoms with Crippen LogP contribution in [0.1, 0.15) is 44.9 Å². The van der Waals surface area contributed by atoms with Crippen LogP contribution in [0.2, 0.25) is 0 Å². The standard InChI is InChI=1S/C26H24I2N2O5S/c1-5-34-25(33)21-14(4)29-26-30(22(21)16-6-8-17(9-7-16)35-13(2)3)24(32)20(36-26)12-15-10-18(27)23(31)19(28)11-15/h6-13,22,31H,5H2,1-4H3/b20-12-/t22-/m1/s1. The Hall–Kier alpha value is -2.19. The number of nitrogens with zero attached hydrogens (tertiary/aromatic N) is 2. The van der Waals surface area contributed by atoms with E-state index >= 15 is 0 Å². The van der Waals surface area contributed by atoms with E-state index in [0.717, 1.165) is 11.1 Å². The normalized spacial score (nSPS) is 15.6. The van der Waals surface area contributed by atoms with Crippen LogP contribution >= 0.6 is 56.5 Å². The summed E-state index contributed by atoms with van der Waals surface area (Å²) in [6.07, 6.45) is 1.81. The number of aromatic nitrogens is 1. The lowest BCUT2D eigenvalue weighted by Crippen LogP contribution is -2.39. The number of ether oxygens (including phenoxy) is 2. The number of carbonyl (C=O) groups is 1. The molecule has 1 aliphatic rings. The summed E-state index contributed by atoms with van der Waals surface area (Å²) in [6.45, 7) is 7.62. The van der Waals surface area contributed by atoms with E-state index in [4.69, 9.17) is 9.47 Å². The van der Waals surface area contributed by atoms with Crippen LogP contribution in [0.5, 0.6) is 11.5 Å². The zero-order chi connectivity index (χ0) is 26.1. The Morgan fingerprint density at radius 2 is 1.86 bits per heavy atom. The van der Waals surface area contributed by atoms with Crippen molar-refractivity contribution in [2.45, 2.75) is 39.8 Å². The Kier molecular flexibility index (Phi) is 8.25. The van der Waals surface area contributed by atoms with E-state index in [0.29, 0.717) is 33.5 Å². The van der Waals surface area contributed by atoms with E-state index < -0.39 is 12.0 Å². The molecule has 188 valence electrons. The van der Waals surface area contributed by atoms with Crippen LogP contribution in [0.25, 0.3) is 6.08 Å². The smallest absolute Gasteiger partial charge is 0.338 e. The van der Waals surface area contributed by atoms with E-state index in [1.54, 1.807) is 24.5 Å². The van der Waals surface area contributed by atoms with Crippen LogP contribution in [0.4, 0.5) is 0 Å². The van der Waals surface area contributed by atoms with Crippen LogP contribution in [0.3, 0.4) is 0 Å². The third kappa shape index (κ3) is 5.40. The highest BCUT2D eigenvalue weighted by atomic mass is 127. The van der Waals surface area contributed by atoms with Gasteiger partial charge in [-0.1, -0.05) is 23.5 Å². The highest BCUT2D eigenvalue weighted by molar-refractivity contribution is 14.1. The molecule has 0 amide bonds. The number of hydrogen-bond acceptors (Lipinski definition) is 7. The average molecular weight is 730 g/mol. The molecule has 0 radical (unpaired) electrons. The first kappa shape index (κ1) is 26.9. The second-order valence-corrected chi connectivity index (χ2v) is 11.7. The molecule has 0 saturated carbocycles. The van der Waals surface area contributed by atoms with Gasteiger partial charge in [-0.3, -0.25) is 9.36 Å². The summed E-state index contributed by atoms with van der Waals surface area (Å²) in [5.41, 5.74) is 2.15. The predicted octanol–water partition coefficient (Wildman–Crippen LogP) is 4.50. The second-order valence-electron chi connectivity index (χ2n) is 8.37. The van der Waals surface area contributed by atoms with Crippen molar-refractivity contribution in [3.63, 3.8) is 0 Å². The molecule has 3 aromatic rings. The number of allylic oxidation sites excluding steroid dienone is 1. The van der Waals surface area contributed by atoms with Crippen molar-refractivity contribution in [2.24, 2.45) is 4.99 Å². The van der Waals surface area contributed by atoms with Crippen molar-refractivity contribution in [3.05, 3.63) is 85.6 Å². The molecule has 0 spiro atoms. The summed E-state index contributed by atoms with van der Waals surface area (Å²) in [5, 5.41) is 10.1. The maximum Gasteiger partial charge on any atom is 0.338 e. The van der Waals surface area contributed by atoms with Crippen molar-refractivity contribution in [2.75, 3.05) is 6.61 Å². The van der Waals surface area contributed by atoms with E-state index in [9.17, 15) is 14.7 Å². The van der Waals surface area contributed by atoms with Gasteiger partial charge in [0.15, 0.2) is 4.80 Å². The number of aromatic hydroxyl groups is 1. The maximum atomic E-state index is 13.7. The lowest BCUT2D eigenvalue weighted by Gasteiger charge is -2.25. The topological polar surface area (TPSA) is 90.1 Å². The number of phenolic OH excluding ortho intramolecular Hbond substituents is 1. The van der Waals surface area contributed by atoms with Gasteiger partial charge in [-0.2, -0.15) is 0 Å². The molecule has 0 aliphatic carbocycles. The number of halogens is 2. The monoisotopic (exact) mass is 730 g/mol. The van der Waals surface area contributed by atoms with Gasteiger partial charge in [0.1, 0.15) is 11.5 Å². The van der Waals surface area contributed by atoms with Gasteiger partial charge >= 0.3 is 5.97 Å². The molecule has 7 nitrogen and oxygen atoms in total. The lowest BCUT2D eigenvalue weighted by molar-refractivity contribution is -0.139. The summed E-state index contributed by atoms with van der Waals surface area (Å²) in [4.78, 5) is 31.8. The molecular weight excluding hydrogens is 706 g/mol. The fourth-order valence-electron chi connectivity index (χ4n) is 3.93. The largest absolute Gasteiger partial charge is 0.506 e. The minimum Gasteiger partial charge on any atom is -0.506 e. The van der Waals surface area contributed by atoms with Crippen LogP contribution in [0.15, 0.2) is 57.5 Å². The predicted molar refractivity (Wildman–Crippen MR) is 156 cm³/mol. The number of benzene rings is 2. The number of rotatable bonds is 6. The van der Waals surface area contributed by atoms with Gasteiger partial charge in [-0.25, -0.2) is 9.79 Å². The first-order chi connectivity index (χ1) is 17.1. The van der Waals surface area contributed by atoms with Gasteiger partial charge in [0.25, 0.3) is 5.56 Å². The molecule has 0 fully saturated rings. The summed E-state index contributed by atoms with van der Waals surface area (Å²) in [5.74, 6) is 0.425. The molecule has 1 aliphatic heterocycles. The van der Waals surface area contributed by atoms with Crippen molar-refractivity contribution >= 4 is 68.6 Å². The number of esters is 1. The molecule has 1 aromatic heterocycles. The van der Waals surface area contributed by atoms with E-state index in [2.05, 4.69) is 50.2 Å². The third-order valence-electron chi connectivity index (χ3n) is 5.42. The minimum absolute atomic E-state index is 0.0248. The Morgan fingerprint density at radius 1 is 1.22 bits per heavy atom. The highest BCUT2D eigenvalue weighted by Gasteiger charge is 2.33.